The number of H-pyrrole nitrogens is 1. The molecule has 2 aromatic rings. The highest BCUT2D eigenvalue weighted by atomic mass is 16.2. The number of aromatic nitrogens is 1. The number of anilines is 1. The zero-order valence-corrected chi connectivity index (χ0v) is 14.1. The summed E-state index contributed by atoms with van der Waals surface area (Å²) in [4.78, 5) is 29.8. The van der Waals surface area contributed by atoms with Gasteiger partial charge in [0.1, 0.15) is 0 Å². The van der Waals surface area contributed by atoms with Crippen LogP contribution < -0.4 is 27.2 Å². The molecule has 0 saturated carbocycles. The third-order valence-corrected chi connectivity index (χ3v) is 3.61. The molecule has 9 N–H and O–H groups in total. The molecular weight excluding hydrogens is 320 g/mol. The second-order valence-electron chi connectivity index (χ2n) is 5.79. The molecule has 0 radical (unpaired) electrons. The molecule has 0 bridgehead atoms. The Hall–Kier alpha value is -3.42. The van der Waals surface area contributed by atoms with Crippen molar-refractivity contribution >= 4 is 29.7 Å². The fourth-order valence-corrected chi connectivity index (χ4v) is 2.38. The molecule has 0 aliphatic heterocycles. The lowest BCUT2D eigenvalue weighted by molar-refractivity contribution is -0.358. The Balaban J connectivity index is 2.49. The molecule has 2 amide bonds. The molecule has 0 spiro atoms. The topological polar surface area (TPSA) is 154 Å². The molecule has 8 heteroatoms. The van der Waals surface area contributed by atoms with Crippen LogP contribution in [0.2, 0.25) is 0 Å². The van der Waals surface area contributed by atoms with Gasteiger partial charge in [0.05, 0.1) is 5.56 Å². The van der Waals surface area contributed by atoms with Gasteiger partial charge in [-0.25, -0.2) is 4.79 Å². The predicted octanol–water partition coefficient (Wildman–Crippen LogP) is -1.57. The molecule has 1 heterocycles. The zero-order chi connectivity index (χ0) is 18.6. The van der Waals surface area contributed by atoms with Gasteiger partial charge in [-0.1, -0.05) is 26.0 Å². The second kappa shape index (κ2) is 7.43. The number of hydrogen-bond acceptors (Lipinski definition) is 2. The van der Waals surface area contributed by atoms with E-state index in [0.717, 1.165) is 5.69 Å². The summed E-state index contributed by atoms with van der Waals surface area (Å²) in [5.41, 5.74) is 13.6. The first-order valence-corrected chi connectivity index (χ1v) is 7.70. The van der Waals surface area contributed by atoms with Crippen molar-refractivity contribution in [1.29, 1.82) is 0 Å². The number of carbonyl (C=O) groups is 2. The summed E-state index contributed by atoms with van der Waals surface area (Å²) in [7, 11) is 0. The van der Waals surface area contributed by atoms with Crippen molar-refractivity contribution in [3.05, 3.63) is 52.8 Å². The van der Waals surface area contributed by atoms with Crippen molar-refractivity contribution in [3.8, 4) is 0 Å². The van der Waals surface area contributed by atoms with Gasteiger partial charge in [0, 0.05) is 16.9 Å². The van der Waals surface area contributed by atoms with E-state index in [1.807, 2.05) is 13.8 Å². The monoisotopic (exact) mass is 342 g/mol. The van der Waals surface area contributed by atoms with E-state index in [2.05, 4.69) is 15.3 Å². The number of hydrogen-bond donors (Lipinski definition) is 6. The number of rotatable bonds is 6. The largest absolute Gasteiger partial charge is 0.353 e. The smallest absolute Gasteiger partial charge is 0.351 e. The number of amidine groups is 1. The molecule has 0 aliphatic rings. The van der Waals surface area contributed by atoms with Crippen molar-refractivity contribution in [3.63, 3.8) is 0 Å². The molecule has 1 aromatic carbocycles. The van der Waals surface area contributed by atoms with E-state index in [1.54, 1.807) is 30.3 Å². The lowest BCUT2D eigenvalue weighted by Crippen LogP contribution is -2.80. The average Bonchev–Trinajstić information content (AvgIpc) is 2.99. The maximum absolute atomic E-state index is 12.9. The van der Waals surface area contributed by atoms with E-state index in [9.17, 15) is 9.59 Å². The van der Waals surface area contributed by atoms with E-state index in [-0.39, 0.29) is 17.5 Å². The van der Waals surface area contributed by atoms with Gasteiger partial charge in [0.2, 0.25) is 0 Å². The van der Waals surface area contributed by atoms with E-state index >= 15 is 0 Å². The second-order valence-corrected chi connectivity index (χ2v) is 5.79. The van der Waals surface area contributed by atoms with Crippen LogP contribution in [0.15, 0.2) is 30.3 Å². The van der Waals surface area contributed by atoms with Crippen LogP contribution in [0.4, 0.5) is 10.5 Å². The predicted molar refractivity (Wildman–Crippen MR) is 95.2 cm³/mol. The molecular formula is C17H22N6O2+2. The molecule has 0 atom stereocenters. The van der Waals surface area contributed by atoms with Crippen LogP contribution in [0.5, 0.6) is 0 Å². The first-order valence-electron chi connectivity index (χ1n) is 7.70. The number of nitrogen functional groups attached to an aromatic ring is 1. The van der Waals surface area contributed by atoms with Crippen molar-refractivity contribution in [2.75, 3.05) is 5.32 Å². The molecule has 25 heavy (non-hydrogen) atoms. The maximum atomic E-state index is 12.9. The van der Waals surface area contributed by atoms with E-state index in [1.165, 1.54) is 6.34 Å². The quantitative estimate of drug-likeness (QED) is 0.214. The minimum Gasteiger partial charge on any atom is -0.351 e. The Bertz CT molecular complexity index is 851. The number of ketones is 1. The van der Waals surface area contributed by atoms with Gasteiger partial charge in [-0.3, -0.25) is 15.9 Å². The van der Waals surface area contributed by atoms with Crippen LogP contribution in [0.1, 0.15) is 47.1 Å². The van der Waals surface area contributed by atoms with E-state index in [4.69, 9.17) is 16.9 Å². The summed E-state index contributed by atoms with van der Waals surface area (Å²) in [6.45, 7) is 4.00. The van der Waals surface area contributed by atoms with Gasteiger partial charge in [-0.15, -0.1) is 0 Å². The Morgan fingerprint density at radius 2 is 2.00 bits per heavy atom. The molecule has 8 nitrogen and oxygen atoms in total. The van der Waals surface area contributed by atoms with Gasteiger partial charge in [-0.05, 0) is 24.1 Å². The molecule has 2 rings (SSSR count). The third kappa shape index (κ3) is 4.11. The number of aromatic amines is 1. The summed E-state index contributed by atoms with van der Waals surface area (Å²) in [6.07, 6.45) is 1.19. The van der Waals surface area contributed by atoms with Gasteiger partial charge in [-0.2, -0.15) is 4.99 Å². The van der Waals surface area contributed by atoms with E-state index < -0.39 is 6.03 Å². The van der Waals surface area contributed by atoms with Crippen LogP contribution in [0.25, 0.3) is 0 Å². The van der Waals surface area contributed by atoms with Crippen molar-refractivity contribution in [2.45, 2.75) is 19.8 Å². The highest BCUT2D eigenvalue weighted by molar-refractivity contribution is 6.15. The summed E-state index contributed by atoms with van der Waals surface area (Å²) in [6, 6.07) is 7.57. The van der Waals surface area contributed by atoms with Crippen LogP contribution in [0.3, 0.4) is 0 Å². The average molecular weight is 342 g/mol. The number of amides is 2. The normalized spacial score (nSPS) is 11.4. The Labute approximate surface area is 144 Å². The molecule has 0 unspecified atom stereocenters. The molecule has 130 valence electrons. The van der Waals surface area contributed by atoms with Gasteiger partial charge < -0.3 is 16.0 Å². The maximum Gasteiger partial charge on any atom is 0.353 e. The highest BCUT2D eigenvalue weighted by Crippen LogP contribution is 2.22. The number of primary amides is 1. The zero-order valence-electron chi connectivity index (χ0n) is 14.1. The summed E-state index contributed by atoms with van der Waals surface area (Å²) in [5, 5.41) is 7.80. The third-order valence-electron chi connectivity index (χ3n) is 3.61. The summed E-state index contributed by atoms with van der Waals surface area (Å²) < 4.78 is 0. The fourth-order valence-electron chi connectivity index (χ4n) is 2.38. The Morgan fingerprint density at radius 3 is 2.60 bits per heavy atom. The van der Waals surface area contributed by atoms with Crippen LogP contribution in [0, 0.1) is 0 Å². The highest BCUT2D eigenvalue weighted by Gasteiger charge is 2.24. The van der Waals surface area contributed by atoms with Crippen molar-refractivity contribution in [2.24, 2.45) is 11.5 Å². The minimum atomic E-state index is -0.700. The fraction of sp³-hybridized carbons (Fsp3) is 0.176. The Kier molecular flexibility index (Phi) is 5.33. The van der Waals surface area contributed by atoms with Gasteiger partial charge in [0.15, 0.2) is 11.5 Å². The van der Waals surface area contributed by atoms with E-state index in [0.29, 0.717) is 22.5 Å². The van der Waals surface area contributed by atoms with Crippen molar-refractivity contribution in [1.82, 2.24) is 4.98 Å². The number of benzene rings is 1. The first-order chi connectivity index (χ1) is 11.8. The lowest BCUT2D eigenvalue weighted by atomic mass is 10.0. The number of carbonyl (C=O) groups excluding carboxylic acids is 2. The molecule has 0 saturated heterocycles. The van der Waals surface area contributed by atoms with Crippen LogP contribution >= 0.6 is 0 Å². The van der Waals surface area contributed by atoms with Crippen LogP contribution in [-0.2, 0) is 0 Å². The molecule has 1 aromatic heterocycles. The lowest BCUT2D eigenvalue weighted by Gasteiger charge is -2.05. The first kappa shape index (κ1) is 17.9. The number of nitrogens with two attached hydrogens (primary N) is 3. The number of urea groups is 1. The minimum absolute atomic E-state index is 0.179. The Morgan fingerprint density at radius 1 is 1.28 bits per heavy atom. The number of nitrogens with one attached hydrogen (secondary N) is 3. The van der Waals surface area contributed by atoms with Gasteiger partial charge >= 0.3 is 11.9 Å². The standard InChI is InChI=1S/C17H20N6O2/c1-9(2)13-7-12(14(23-13)16(19)21-8-18)15(24)10-4-3-5-11(6-10)22-17(20)25/h3-9,23H,1-2H3,(H3,18,19,21)(H3,20,22,25)/p+2. The summed E-state index contributed by atoms with van der Waals surface area (Å²) >= 11 is 0. The van der Waals surface area contributed by atoms with Gasteiger partial charge in [0.25, 0.3) is 6.34 Å². The summed E-state index contributed by atoms with van der Waals surface area (Å²) in [5.74, 6) is 0.176. The SMILES string of the molecule is CC(C)c1cc(C(=O)c2cccc(NC(N)=O)c2)c(C(N)=[NH+]C=[NH2+])[nH]1. The van der Waals surface area contributed by atoms with Crippen molar-refractivity contribution < 1.29 is 20.0 Å². The molecule has 0 aliphatic carbocycles. The van der Waals surface area contributed by atoms with Crippen LogP contribution in [-0.4, -0.2) is 29.0 Å². The molecule has 0 fully saturated rings.